The normalized spacial score (nSPS) is 16.1. The van der Waals surface area contributed by atoms with Crippen molar-refractivity contribution in [3.8, 4) is 0 Å². The summed E-state index contributed by atoms with van der Waals surface area (Å²) >= 11 is 0. The summed E-state index contributed by atoms with van der Waals surface area (Å²) < 4.78 is 2.20. The molecule has 6 nitrogen and oxygen atoms in total. The lowest BCUT2D eigenvalue weighted by Crippen LogP contribution is -2.42. The molecule has 1 aliphatic rings. The predicted octanol–water partition coefficient (Wildman–Crippen LogP) is 3.69. The van der Waals surface area contributed by atoms with Gasteiger partial charge in [0.1, 0.15) is 6.04 Å². The first-order chi connectivity index (χ1) is 14.1. The van der Waals surface area contributed by atoms with E-state index in [1.807, 2.05) is 61.2 Å². The van der Waals surface area contributed by atoms with Gasteiger partial charge in [0.25, 0.3) is 5.91 Å². The van der Waals surface area contributed by atoms with Gasteiger partial charge in [0.15, 0.2) is 0 Å². The minimum atomic E-state index is -0.214. The molecule has 29 heavy (non-hydrogen) atoms. The summed E-state index contributed by atoms with van der Waals surface area (Å²) in [5, 5.41) is 0. The summed E-state index contributed by atoms with van der Waals surface area (Å²) in [6.45, 7) is 5.27. The summed E-state index contributed by atoms with van der Waals surface area (Å²) in [5.41, 5.74) is 5.90. The predicted molar refractivity (Wildman–Crippen MR) is 111 cm³/mol. The number of carbonyl (C=O) groups excluding carboxylic acids is 1. The van der Waals surface area contributed by atoms with E-state index >= 15 is 0 Å². The van der Waals surface area contributed by atoms with Gasteiger partial charge in [-0.05, 0) is 56.3 Å². The molecule has 1 amide bonds. The fourth-order valence-electron chi connectivity index (χ4n) is 3.98. The highest BCUT2D eigenvalue weighted by molar-refractivity contribution is 5.97. The summed E-state index contributed by atoms with van der Waals surface area (Å²) in [4.78, 5) is 29.2. The maximum Gasteiger partial charge on any atom is 0.254 e. The first-order valence-corrected chi connectivity index (χ1v) is 9.74. The van der Waals surface area contributed by atoms with Crippen LogP contribution >= 0.6 is 0 Å². The molecule has 0 saturated carbocycles. The summed E-state index contributed by atoms with van der Waals surface area (Å²) in [5.74, 6) is -0.0185. The number of benzene rings is 1. The minimum Gasteiger partial charge on any atom is -0.347 e. The Morgan fingerprint density at radius 1 is 0.966 bits per heavy atom. The molecule has 0 saturated heterocycles. The lowest BCUT2D eigenvalue weighted by atomic mass is 10.0. The molecule has 0 aliphatic carbocycles. The molecule has 6 heteroatoms. The first kappa shape index (κ1) is 17.6. The molecule has 3 aromatic heterocycles. The van der Waals surface area contributed by atoms with Crippen LogP contribution in [0.25, 0.3) is 11.0 Å². The van der Waals surface area contributed by atoms with Gasteiger partial charge < -0.3 is 9.47 Å². The standard InChI is InChI=1S/C23H21N5O/c1-15-16(2)26-20-14-17(8-9-18(20)25-15)23(29)28-13-12-27-11-5-7-21(27)22(28)19-6-3-4-10-24-19/h3-11,14,22H,12-13H2,1-2H3/t22-/m0/s1. The van der Waals surface area contributed by atoms with Gasteiger partial charge >= 0.3 is 0 Å². The molecule has 1 atom stereocenters. The van der Waals surface area contributed by atoms with E-state index in [1.54, 1.807) is 6.20 Å². The van der Waals surface area contributed by atoms with Gasteiger partial charge in [-0.2, -0.15) is 0 Å². The molecule has 0 spiro atoms. The van der Waals surface area contributed by atoms with Gasteiger partial charge in [-0.1, -0.05) is 6.07 Å². The maximum atomic E-state index is 13.6. The Balaban J connectivity index is 1.58. The molecule has 1 aromatic carbocycles. The third-order valence-electron chi connectivity index (χ3n) is 5.59. The van der Waals surface area contributed by atoms with E-state index in [0.717, 1.165) is 40.4 Å². The van der Waals surface area contributed by atoms with Crippen LogP contribution in [0.4, 0.5) is 0 Å². The highest BCUT2D eigenvalue weighted by Crippen LogP contribution is 2.32. The van der Waals surface area contributed by atoms with Crippen LogP contribution in [0.3, 0.4) is 0 Å². The number of rotatable bonds is 2. The number of aryl methyl sites for hydroxylation is 2. The van der Waals surface area contributed by atoms with Crippen LogP contribution in [0.5, 0.6) is 0 Å². The largest absolute Gasteiger partial charge is 0.347 e. The van der Waals surface area contributed by atoms with Crippen LogP contribution in [-0.2, 0) is 6.54 Å². The van der Waals surface area contributed by atoms with Crippen molar-refractivity contribution in [3.63, 3.8) is 0 Å². The van der Waals surface area contributed by atoms with Crippen molar-refractivity contribution < 1.29 is 4.79 Å². The molecule has 4 heterocycles. The topological polar surface area (TPSA) is 63.9 Å². The number of hydrogen-bond acceptors (Lipinski definition) is 4. The Bertz CT molecular complexity index is 1210. The van der Waals surface area contributed by atoms with Gasteiger partial charge in [-0.25, -0.2) is 9.97 Å². The Morgan fingerprint density at radius 2 is 1.79 bits per heavy atom. The highest BCUT2D eigenvalue weighted by atomic mass is 16.2. The second-order valence-corrected chi connectivity index (χ2v) is 7.38. The van der Waals surface area contributed by atoms with Crippen LogP contribution in [0.15, 0.2) is 60.9 Å². The van der Waals surface area contributed by atoms with E-state index in [1.165, 1.54) is 0 Å². The van der Waals surface area contributed by atoms with Crippen molar-refractivity contribution in [3.05, 3.63) is 89.3 Å². The highest BCUT2D eigenvalue weighted by Gasteiger charge is 2.33. The second-order valence-electron chi connectivity index (χ2n) is 7.38. The van der Waals surface area contributed by atoms with Crippen molar-refractivity contribution in [2.24, 2.45) is 0 Å². The number of carbonyl (C=O) groups is 1. The average Bonchev–Trinajstić information content (AvgIpc) is 3.22. The Kier molecular flexibility index (Phi) is 4.12. The molecule has 5 rings (SSSR count). The summed E-state index contributed by atoms with van der Waals surface area (Å²) in [7, 11) is 0. The quantitative estimate of drug-likeness (QED) is 0.530. The zero-order valence-electron chi connectivity index (χ0n) is 16.4. The van der Waals surface area contributed by atoms with Crippen LogP contribution in [0.2, 0.25) is 0 Å². The van der Waals surface area contributed by atoms with Gasteiger partial charge in [0, 0.05) is 36.7 Å². The monoisotopic (exact) mass is 383 g/mol. The van der Waals surface area contributed by atoms with Crippen molar-refractivity contribution in [2.45, 2.75) is 26.4 Å². The zero-order valence-corrected chi connectivity index (χ0v) is 16.4. The number of hydrogen-bond donors (Lipinski definition) is 0. The van der Waals surface area contributed by atoms with Crippen molar-refractivity contribution >= 4 is 16.9 Å². The van der Waals surface area contributed by atoms with E-state index < -0.39 is 0 Å². The van der Waals surface area contributed by atoms with Gasteiger partial charge in [0.2, 0.25) is 0 Å². The SMILES string of the molecule is Cc1nc2ccc(C(=O)N3CCn4cccc4[C@@H]3c3ccccn3)cc2nc1C. The minimum absolute atomic E-state index is 0.0185. The van der Waals surface area contributed by atoms with E-state index in [9.17, 15) is 4.79 Å². The van der Waals surface area contributed by atoms with E-state index in [4.69, 9.17) is 0 Å². The fourth-order valence-corrected chi connectivity index (χ4v) is 3.98. The van der Waals surface area contributed by atoms with Crippen LogP contribution in [0, 0.1) is 13.8 Å². The third-order valence-corrected chi connectivity index (χ3v) is 5.59. The Hall–Kier alpha value is -3.54. The molecular formula is C23H21N5O. The zero-order chi connectivity index (χ0) is 20.0. The molecular weight excluding hydrogens is 362 g/mol. The van der Waals surface area contributed by atoms with E-state index in [2.05, 4.69) is 31.8 Å². The number of pyridine rings is 1. The number of amides is 1. The van der Waals surface area contributed by atoms with E-state index in [-0.39, 0.29) is 11.9 Å². The van der Waals surface area contributed by atoms with Crippen LogP contribution in [0.1, 0.15) is 39.2 Å². The smallest absolute Gasteiger partial charge is 0.254 e. The molecule has 4 aromatic rings. The fraction of sp³-hybridized carbons (Fsp3) is 0.217. The van der Waals surface area contributed by atoms with Crippen molar-refractivity contribution in [2.75, 3.05) is 6.54 Å². The molecule has 0 bridgehead atoms. The second kappa shape index (κ2) is 6.81. The third kappa shape index (κ3) is 2.97. The average molecular weight is 383 g/mol. The molecule has 0 N–H and O–H groups in total. The summed E-state index contributed by atoms with van der Waals surface area (Å²) in [6.07, 6.45) is 3.83. The lowest BCUT2D eigenvalue weighted by Gasteiger charge is -2.36. The molecule has 0 radical (unpaired) electrons. The van der Waals surface area contributed by atoms with Crippen molar-refractivity contribution in [1.82, 2.24) is 24.4 Å². The van der Waals surface area contributed by atoms with Gasteiger partial charge in [-0.15, -0.1) is 0 Å². The molecule has 1 aliphatic heterocycles. The molecule has 0 unspecified atom stereocenters. The first-order valence-electron chi connectivity index (χ1n) is 9.74. The van der Waals surface area contributed by atoms with E-state index in [0.29, 0.717) is 12.1 Å². The molecule has 144 valence electrons. The number of nitrogens with zero attached hydrogens (tertiary/aromatic N) is 5. The Morgan fingerprint density at radius 3 is 2.59 bits per heavy atom. The lowest BCUT2D eigenvalue weighted by molar-refractivity contribution is 0.0660. The van der Waals surface area contributed by atoms with Gasteiger partial charge in [-0.3, -0.25) is 9.78 Å². The summed E-state index contributed by atoms with van der Waals surface area (Å²) in [6, 6.07) is 15.3. The van der Waals surface area contributed by atoms with Gasteiger partial charge in [0.05, 0.1) is 28.1 Å². The molecule has 0 fully saturated rings. The number of aromatic nitrogens is 4. The Labute approximate surface area is 168 Å². The van der Waals surface area contributed by atoms with Crippen LogP contribution in [-0.4, -0.2) is 36.9 Å². The van der Waals surface area contributed by atoms with Crippen LogP contribution < -0.4 is 0 Å². The number of fused-ring (bicyclic) bond motifs is 2. The van der Waals surface area contributed by atoms with Crippen molar-refractivity contribution in [1.29, 1.82) is 0 Å². The maximum absolute atomic E-state index is 13.6.